The maximum atomic E-state index is 6.00. The summed E-state index contributed by atoms with van der Waals surface area (Å²) >= 11 is 6.00. The highest BCUT2D eigenvalue weighted by Crippen LogP contribution is 2.27. The smallest absolute Gasteiger partial charge is 0.0739 e. The Hall–Kier alpha value is -0.970. The van der Waals surface area contributed by atoms with Crippen molar-refractivity contribution in [2.45, 2.75) is 13.0 Å². The van der Waals surface area contributed by atoms with Crippen LogP contribution in [0.15, 0.2) is 18.2 Å². The lowest BCUT2D eigenvalue weighted by Gasteiger charge is -2.30. The Balaban J connectivity index is 1.90. The van der Waals surface area contributed by atoms with E-state index in [1.165, 1.54) is 0 Å². The molecule has 0 bridgehead atoms. The molecule has 0 aliphatic carbocycles. The van der Waals surface area contributed by atoms with Crippen molar-refractivity contribution in [1.82, 2.24) is 4.90 Å². The first-order valence-electron chi connectivity index (χ1n) is 6.27. The van der Waals surface area contributed by atoms with Crippen LogP contribution >= 0.6 is 11.6 Å². The molecule has 0 saturated carbocycles. The van der Waals surface area contributed by atoms with Crippen LogP contribution in [0.3, 0.4) is 0 Å². The van der Waals surface area contributed by atoms with Crippen molar-refractivity contribution in [3.05, 3.63) is 23.2 Å². The Morgan fingerprint density at radius 1 is 1.44 bits per heavy atom. The normalized spacial score (nSPS) is 18.6. The zero-order valence-corrected chi connectivity index (χ0v) is 11.4. The summed E-state index contributed by atoms with van der Waals surface area (Å²) in [6.07, 6.45) is 0. The van der Waals surface area contributed by atoms with Gasteiger partial charge in [-0.15, -0.1) is 0 Å². The molecule has 0 radical (unpaired) electrons. The maximum Gasteiger partial charge on any atom is 0.0739 e. The van der Waals surface area contributed by atoms with Crippen LogP contribution in [-0.4, -0.2) is 43.8 Å². The highest BCUT2D eigenvalue weighted by atomic mass is 35.5. The van der Waals surface area contributed by atoms with Crippen molar-refractivity contribution < 1.29 is 4.74 Å². The second-order valence-corrected chi connectivity index (χ2v) is 5.07. The summed E-state index contributed by atoms with van der Waals surface area (Å²) in [6, 6.07) is 5.98. The van der Waals surface area contributed by atoms with Gasteiger partial charge in [-0.2, -0.15) is 0 Å². The molecule has 0 spiro atoms. The van der Waals surface area contributed by atoms with Crippen molar-refractivity contribution >= 4 is 23.0 Å². The van der Waals surface area contributed by atoms with Gasteiger partial charge in [-0.3, -0.25) is 4.90 Å². The van der Waals surface area contributed by atoms with Crippen LogP contribution in [-0.2, 0) is 4.74 Å². The van der Waals surface area contributed by atoms with Gasteiger partial charge in [0.15, 0.2) is 0 Å². The first-order valence-corrected chi connectivity index (χ1v) is 6.65. The molecule has 1 saturated heterocycles. The summed E-state index contributed by atoms with van der Waals surface area (Å²) in [6.45, 7) is 6.78. The molecule has 4 nitrogen and oxygen atoms in total. The van der Waals surface area contributed by atoms with Gasteiger partial charge in [-0.25, -0.2) is 0 Å². The van der Waals surface area contributed by atoms with E-state index in [0.717, 1.165) is 38.5 Å². The standard InChI is InChI=1S/C13H20ClN3O/c1-10(9-17-5-7-18-8-6-17)16-12-4-2-3-11(14)13(12)15/h2-4,10,16H,5-9,15H2,1H3. The molecule has 2 rings (SSSR count). The third kappa shape index (κ3) is 3.51. The van der Waals surface area contributed by atoms with Crippen LogP contribution in [0, 0.1) is 0 Å². The van der Waals surface area contributed by atoms with Gasteiger partial charge in [0, 0.05) is 25.7 Å². The number of nitrogens with one attached hydrogen (secondary N) is 1. The van der Waals surface area contributed by atoms with Crippen molar-refractivity contribution in [2.24, 2.45) is 0 Å². The Morgan fingerprint density at radius 2 is 2.17 bits per heavy atom. The molecular formula is C13H20ClN3O. The summed E-state index contributed by atoms with van der Waals surface area (Å²) in [5.41, 5.74) is 7.46. The lowest BCUT2D eigenvalue weighted by atomic mass is 10.2. The molecule has 1 aromatic rings. The maximum absolute atomic E-state index is 6.00. The number of anilines is 2. The van der Waals surface area contributed by atoms with E-state index in [-0.39, 0.29) is 0 Å². The fourth-order valence-corrected chi connectivity index (χ4v) is 2.32. The number of rotatable bonds is 4. The molecule has 1 aromatic carbocycles. The predicted octanol–water partition coefficient (Wildman–Crippen LogP) is 2.05. The van der Waals surface area contributed by atoms with Crippen LogP contribution in [0.25, 0.3) is 0 Å². The molecule has 100 valence electrons. The molecule has 0 amide bonds. The van der Waals surface area contributed by atoms with Crippen molar-refractivity contribution in [1.29, 1.82) is 0 Å². The van der Waals surface area contributed by atoms with Crippen LogP contribution in [0.4, 0.5) is 11.4 Å². The Kier molecular flexibility index (Phi) is 4.69. The molecular weight excluding hydrogens is 250 g/mol. The average Bonchev–Trinajstić information content (AvgIpc) is 2.36. The van der Waals surface area contributed by atoms with E-state index in [0.29, 0.717) is 16.8 Å². The zero-order chi connectivity index (χ0) is 13.0. The summed E-state index contributed by atoms with van der Waals surface area (Å²) in [5, 5.41) is 4.00. The van der Waals surface area contributed by atoms with Gasteiger partial charge in [0.25, 0.3) is 0 Å². The SMILES string of the molecule is CC(CN1CCOCC1)Nc1cccc(Cl)c1N. The Morgan fingerprint density at radius 3 is 2.89 bits per heavy atom. The first kappa shape index (κ1) is 13.5. The van der Waals surface area contributed by atoms with Crippen LogP contribution < -0.4 is 11.1 Å². The van der Waals surface area contributed by atoms with Crippen molar-refractivity contribution in [3.63, 3.8) is 0 Å². The van der Waals surface area contributed by atoms with Gasteiger partial charge in [0.1, 0.15) is 0 Å². The number of hydrogen-bond acceptors (Lipinski definition) is 4. The Bertz CT molecular complexity index is 394. The van der Waals surface area contributed by atoms with Gasteiger partial charge in [-0.1, -0.05) is 17.7 Å². The third-order valence-corrected chi connectivity index (χ3v) is 3.42. The van der Waals surface area contributed by atoms with E-state index in [1.54, 1.807) is 6.07 Å². The third-order valence-electron chi connectivity index (χ3n) is 3.09. The molecule has 1 unspecified atom stereocenters. The lowest BCUT2D eigenvalue weighted by Crippen LogP contribution is -2.42. The minimum Gasteiger partial charge on any atom is -0.396 e. The largest absolute Gasteiger partial charge is 0.396 e. The van der Waals surface area contributed by atoms with Gasteiger partial charge < -0.3 is 15.8 Å². The zero-order valence-electron chi connectivity index (χ0n) is 10.7. The minimum atomic E-state index is 0.323. The number of nitrogens with two attached hydrogens (primary N) is 1. The second kappa shape index (κ2) is 6.27. The number of halogens is 1. The van der Waals surface area contributed by atoms with Gasteiger partial charge in [0.2, 0.25) is 0 Å². The van der Waals surface area contributed by atoms with E-state index < -0.39 is 0 Å². The van der Waals surface area contributed by atoms with Crippen LogP contribution in [0.5, 0.6) is 0 Å². The monoisotopic (exact) mass is 269 g/mol. The molecule has 1 atom stereocenters. The van der Waals surface area contributed by atoms with Crippen molar-refractivity contribution in [2.75, 3.05) is 43.9 Å². The first-order chi connectivity index (χ1) is 8.66. The van der Waals surface area contributed by atoms with Gasteiger partial charge in [-0.05, 0) is 19.1 Å². The lowest BCUT2D eigenvalue weighted by molar-refractivity contribution is 0.0368. The van der Waals surface area contributed by atoms with E-state index in [4.69, 9.17) is 22.1 Å². The number of ether oxygens (including phenoxy) is 1. The van der Waals surface area contributed by atoms with E-state index in [2.05, 4.69) is 17.1 Å². The fraction of sp³-hybridized carbons (Fsp3) is 0.538. The van der Waals surface area contributed by atoms with E-state index >= 15 is 0 Å². The number of nitrogens with zero attached hydrogens (tertiary/aromatic N) is 1. The Labute approximate surface area is 113 Å². The number of para-hydroxylation sites is 1. The second-order valence-electron chi connectivity index (χ2n) is 4.66. The highest BCUT2D eigenvalue weighted by Gasteiger charge is 2.14. The summed E-state index contributed by atoms with van der Waals surface area (Å²) < 4.78 is 5.33. The molecule has 3 N–H and O–H groups in total. The number of nitrogen functional groups attached to an aromatic ring is 1. The predicted molar refractivity (Wildman–Crippen MR) is 76.2 cm³/mol. The van der Waals surface area contributed by atoms with Crippen molar-refractivity contribution in [3.8, 4) is 0 Å². The highest BCUT2D eigenvalue weighted by molar-refractivity contribution is 6.33. The van der Waals surface area contributed by atoms with E-state index in [1.807, 2.05) is 12.1 Å². The molecule has 1 aliphatic heterocycles. The van der Waals surface area contributed by atoms with Gasteiger partial charge >= 0.3 is 0 Å². The average molecular weight is 270 g/mol. The van der Waals surface area contributed by atoms with Crippen LogP contribution in [0.1, 0.15) is 6.92 Å². The summed E-state index contributed by atoms with van der Waals surface area (Å²) in [5.74, 6) is 0. The van der Waals surface area contributed by atoms with Gasteiger partial charge in [0.05, 0.1) is 29.6 Å². The summed E-state index contributed by atoms with van der Waals surface area (Å²) in [4.78, 5) is 2.39. The minimum absolute atomic E-state index is 0.323. The quantitative estimate of drug-likeness (QED) is 0.822. The molecule has 5 heteroatoms. The molecule has 1 heterocycles. The number of benzene rings is 1. The molecule has 1 fully saturated rings. The topological polar surface area (TPSA) is 50.5 Å². The van der Waals surface area contributed by atoms with Crippen LogP contribution in [0.2, 0.25) is 5.02 Å². The number of morpholine rings is 1. The van der Waals surface area contributed by atoms with E-state index in [9.17, 15) is 0 Å². The molecule has 1 aliphatic rings. The molecule has 0 aromatic heterocycles. The number of hydrogen-bond donors (Lipinski definition) is 2. The molecule has 18 heavy (non-hydrogen) atoms. The summed E-state index contributed by atoms with van der Waals surface area (Å²) in [7, 11) is 0. The fourth-order valence-electron chi connectivity index (χ4n) is 2.15.